The molecule has 0 saturated heterocycles. The number of hydrogen-bond acceptors (Lipinski definition) is 3. The number of fused-ring (bicyclic) bond motifs is 4. The van der Waals surface area contributed by atoms with Crippen molar-refractivity contribution in [3.05, 3.63) is 145 Å². The van der Waals surface area contributed by atoms with Gasteiger partial charge < -0.3 is 0 Å². The molecular formula is C40H26N2O2S. The van der Waals surface area contributed by atoms with E-state index in [1.807, 2.05) is 29.7 Å². The quantitative estimate of drug-likeness (QED) is 0.190. The van der Waals surface area contributed by atoms with Crippen LogP contribution in [-0.4, -0.2) is 18.0 Å². The second-order valence-electron chi connectivity index (χ2n) is 11.6. The van der Waals surface area contributed by atoms with E-state index < -0.39 is 9.84 Å². The minimum absolute atomic E-state index is 0.304. The van der Waals surface area contributed by atoms with Gasteiger partial charge in [-0.3, -0.25) is 4.57 Å². The number of aromatic nitrogens is 2. The Morgan fingerprint density at radius 2 is 1.04 bits per heavy atom. The van der Waals surface area contributed by atoms with Gasteiger partial charge in [0.2, 0.25) is 9.84 Å². The first-order valence-corrected chi connectivity index (χ1v) is 16.5. The van der Waals surface area contributed by atoms with Gasteiger partial charge in [-0.15, -0.1) is 0 Å². The van der Waals surface area contributed by atoms with E-state index in [0.717, 1.165) is 22.5 Å². The largest absolute Gasteiger partial charge is 0.294 e. The molecule has 1 aliphatic heterocycles. The molecule has 2 heterocycles. The summed E-state index contributed by atoms with van der Waals surface area (Å²) < 4.78 is 29.7. The van der Waals surface area contributed by atoms with E-state index in [0.29, 0.717) is 26.5 Å². The zero-order valence-corrected chi connectivity index (χ0v) is 25.2. The first kappa shape index (κ1) is 25.9. The molecule has 8 aromatic rings. The summed E-state index contributed by atoms with van der Waals surface area (Å²) in [5, 5.41) is 4.82. The Balaban J connectivity index is 1.20. The minimum atomic E-state index is -3.71. The Morgan fingerprint density at radius 3 is 1.67 bits per heavy atom. The van der Waals surface area contributed by atoms with Crippen molar-refractivity contribution in [2.75, 3.05) is 0 Å². The van der Waals surface area contributed by atoms with E-state index in [2.05, 4.69) is 108 Å². The lowest BCUT2D eigenvalue weighted by Gasteiger charge is -2.21. The number of nitrogens with zero attached hydrogens (tertiary/aromatic N) is 2. The summed E-state index contributed by atoms with van der Waals surface area (Å²) in [6.45, 7) is 1.91. The molecule has 0 saturated carbocycles. The minimum Gasteiger partial charge on any atom is -0.294 e. The van der Waals surface area contributed by atoms with E-state index in [4.69, 9.17) is 0 Å². The predicted octanol–water partition coefficient (Wildman–Crippen LogP) is 9.79. The highest BCUT2D eigenvalue weighted by molar-refractivity contribution is 7.92. The molecule has 0 unspecified atom stereocenters. The zero-order valence-electron chi connectivity index (χ0n) is 24.4. The van der Waals surface area contributed by atoms with Crippen molar-refractivity contribution >= 4 is 42.4 Å². The smallest absolute Gasteiger partial charge is 0.210 e. The number of hydrogen-bond donors (Lipinski definition) is 0. The van der Waals surface area contributed by atoms with Crippen molar-refractivity contribution in [1.29, 1.82) is 0 Å². The van der Waals surface area contributed by atoms with Crippen molar-refractivity contribution in [2.45, 2.75) is 16.7 Å². The summed E-state index contributed by atoms with van der Waals surface area (Å²) in [6, 6.07) is 47.4. The van der Waals surface area contributed by atoms with Crippen molar-refractivity contribution < 1.29 is 8.42 Å². The van der Waals surface area contributed by atoms with E-state index >= 15 is 0 Å². The second kappa shape index (κ2) is 9.49. The number of imidazole rings is 1. The molecule has 0 spiro atoms. The van der Waals surface area contributed by atoms with Crippen molar-refractivity contribution in [3.8, 4) is 39.1 Å². The highest BCUT2D eigenvalue weighted by Crippen LogP contribution is 2.44. The summed E-state index contributed by atoms with van der Waals surface area (Å²) in [5.41, 5.74) is 8.54. The van der Waals surface area contributed by atoms with Gasteiger partial charge in [-0.25, -0.2) is 13.4 Å². The third-order valence-electron chi connectivity index (χ3n) is 9.09. The van der Waals surface area contributed by atoms with Crippen molar-refractivity contribution in [1.82, 2.24) is 9.55 Å². The summed E-state index contributed by atoms with van der Waals surface area (Å²) in [7, 11) is -3.71. The Labute approximate surface area is 260 Å². The zero-order chi connectivity index (χ0) is 30.3. The fourth-order valence-corrected chi connectivity index (χ4v) is 8.78. The van der Waals surface area contributed by atoms with Gasteiger partial charge >= 0.3 is 0 Å². The average molecular weight is 599 g/mol. The molecule has 4 nitrogen and oxygen atoms in total. The van der Waals surface area contributed by atoms with Gasteiger partial charge in [-0.05, 0) is 86.1 Å². The molecule has 45 heavy (non-hydrogen) atoms. The van der Waals surface area contributed by atoms with Gasteiger partial charge in [0.15, 0.2) is 0 Å². The van der Waals surface area contributed by atoms with Crippen molar-refractivity contribution in [3.63, 3.8) is 0 Å². The molecule has 1 aromatic heterocycles. The van der Waals surface area contributed by atoms with Gasteiger partial charge in [0.1, 0.15) is 5.82 Å². The normalized spacial score (nSPS) is 13.4. The van der Waals surface area contributed by atoms with Crippen LogP contribution in [0.15, 0.2) is 149 Å². The molecular weight excluding hydrogens is 573 g/mol. The van der Waals surface area contributed by atoms with Crippen LogP contribution in [0, 0.1) is 6.92 Å². The van der Waals surface area contributed by atoms with Gasteiger partial charge in [0, 0.05) is 0 Å². The van der Waals surface area contributed by atoms with Crippen molar-refractivity contribution in [2.24, 2.45) is 0 Å². The fraction of sp³-hybridized carbons (Fsp3) is 0.0250. The summed E-state index contributed by atoms with van der Waals surface area (Å²) in [4.78, 5) is 5.24. The first-order chi connectivity index (χ1) is 22.0. The number of benzene rings is 7. The fourth-order valence-electron chi connectivity index (χ4n) is 7.12. The number of aryl methyl sites for hydroxylation is 1. The molecule has 9 rings (SSSR count). The molecule has 0 fully saturated rings. The lowest BCUT2D eigenvalue weighted by Crippen LogP contribution is -2.15. The number of sulfone groups is 1. The highest BCUT2D eigenvalue weighted by atomic mass is 32.2. The Kier molecular flexibility index (Phi) is 5.47. The van der Waals surface area contributed by atoms with Crippen LogP contribution in [0.25, 0.3) is 71.6 Å². The maximum Gasteiger partial charge on any atom is 0.210 e. The number of para-hydroxylation sites is 1. The van der Waals surface area contributed by atoms with Crippen LogP contribution in [0.4, 0.5) is 0 Å². The van der Waals surface area contributed by atoms with Crippen LogP contribution < -0.4 is 0 Å². The molecule has 0 aliphatic carbocycles. The van der Waals surface area contributed by atoms with Crippen LogP contribution in [0.2, 0.25) is 0 Å². The second-order valence-corrected chi connectivity index (χ2v) is 13.5. The van der Waals surface area contributed by atoms with Gasteiger partial charge in [0.25, 0.3) is 0 Å². The predicted molar refractivity (Wildman–Crippen MR) is 183 cm³/mol. The van der Waals surface area contributed by atoms with E-state index in [1.54, 1.807) is 18.2 Å². The molecule has 214 valence electrons. The molecule has 0 atom stereocenters. The summed E-state index contributed by atoms with van der Waals surface area (Å²) in [5.74, 6) is 0.767. The maximum absolute atomic E-state index is 13.9. The first-order valence-electron chi connectivity index (χ1n) is 15.0. The van der Waals surface area contributed by atoms with E-state index in [-0.39, 0.29) is 0 Å². The SMILES string of the molecule is Cc1nc2cccc3c2n1-c1ccc(-c2ccc(-c4c5ccccc5c(-c5ccccc5)c5ccccc45)cc2)cc1S3(=O)=O. The molecule has 7 aromatic carbocycles. The van der Waals surface area contributed by atoms with Crippen LogP contribution >= 0.6 is 0 Å². The Hall–Kier alpha value is -5.52. The molecule has 0 bridgehead atoms. The molecule has 0 radical (unpaired) electrons. The van der Waals surface area contributed by atoms with Crippen LogP contribution in [0.3, 0.4) is 0 Å². The van der Waals surface area contributed by atoms with Crippen LogP contribution in [0.1, 0.15) is 5.82 Å². The Morgan fingerprint density at radius 1 is 0.511 bits per heavy atom. The molecule has 0 N–H and O–H groups in total. The molecule has 5 heteroatoms. The van der Waals surface area contributed by atoms with E-state index in [1.165, 1.54) is 38.2 Å². The van der Waals surface area contributed by atoms with Gasteiger partial charge in [-0.2, -0.15) is 0 Å². The monoisotopic (exact) mass is 598 g/mol. The standard InChI is InChI=1S/C40H26N2O2S/c1-25-41-34-16-9-17-36-40(34)42(25)35-23-22-29(24-37(35)45(36,43)44)26-18-20-28(21-19-26)39-32-14-7-5-12-30(32)38(27-10-3-2-4-11-27)31-13-6-8-15-33(31)39/h2-24H,1H3. The average Bonchev–Trinajstić information content (AvgIpc) is 3.42. The number of rotatable bonds is 3. The summed E-state index contributed by atoms with van der Waals surface area (Å²) in [6.07, 6.45) is 0. The van der Waals surface area contributed by atoms with E-state index in [9.17, 15) is 8.42 Å². The topological polar surface area (TPSA) is 52.0 Å². The van der Waals surface area contributed by atoms with Crippen LogP contribution in [0.5, 0.6) is 0 Å². The van der Waals surface area contributed by atoms with Gasteiger partial charge in [0.05, 0.1) is 26.5 Å². The third kappa shape index (κ3) is 3.71. The molecule has 1 aliphatic rings. The Bertz CT molecular complexity index is 2540. The van der Waals surface area contributed by atoms with Gasteiger partial charge in [-0.1, -0.05) is 115 Å². The summed E-state index contributed by atoms with van der Waals surface area (Å²) >= 11 is 0. The molecule has 0 amide bonds. The van der Waals surface area contributed by atoms with Crippen LogP contribution in [-0.2, 0) is 9.84 Å². The highest BCUT2D eigenvalue weighted by Gasteiger charge is 2.33. The lowest BCUT2D eigenvalue weighted by molar-refractivity contribution is 0.594. The lowest BCUT2D eigenvalue weighted by atomic mass is 9.86. The third-order valence-corrected chi connectivity index (χ3v) is 10.9. The maximum atomic E-state index is 13.9.